The van der Waals surface area contributed by atoms with E-state index < -0.39 is 17.1 Å². The standard InChI is InChI=1S/C27H51N3O3/c1-7-13-16-22(10-4)19-28-25(31)29(20-23(11-5)17-14-8-2)27(33)30(26(28)32)21-24(12-6)18-15-9-3/h22-24H,7-21H2,1-6H3. The average molecular weight is 466 g/mol. The Balaban J connectivity index is 3.51. The summed E-state index contributed by atoms with van der Waals surface area (Å²) in [7, 11) is 0. The summed E-state index contributed by atoms with van der Waals surface area (Å²) in [5.41, 5.74) is -1.23. The summed E-state index contributed by atoms with van der Waals surface area (Å²) in [4.78, 5) is 40.4. The molecule has 1 aromatic rings. The van der Waals surface area contributed by atoms with Crippen molar-refractivity contribution in [3.05, 3.63) is 31.5 Å². The Morgan fingerprint density at radius 2 is 0.727 bits per heavy atom. The summed E-state index contributed by atoms with van der Waals surface area (Å²) >= 11 is 0. The maximum Gasteiger partial charge on any atom is 0.336 e. The van der Waals surface area contributed by atoms with Gasteiger partial charge in [0.1, 0.15) is 0 Å². The first kappa shape index (κ1) is 29.4. The van der Waals surface area contributed by atoms with Crippen LogP contribution in [0.25, 0.3) is 0 Å². The second kappa shape index (κ2) is 16.1. The SMILES string of the molecule is CCCCC(CC)Cn1c(=O)n(CC(CC)CCCC)c(=O)n(CC(CC)CCCC)c1=O. The highest BCUT2D eigenvalue weighted by atomic mass is 16.2. The van der Waals surface area contributed by atoms with E-state index in [1.165, 1.54) is 13.7 Å². The summed E-state index contributed by atoms with van der Waals surface area (Å²) in [6, 6.07) is 0. The zero-order valence-electron chi connectivity index (χ0n) is 22.4. The van der Waals surface area contributed by atoms with Crippen LogP contribution in [0.5, 0.6) is 0 Å². The fraction of sp³-hybridized carbons (Fsp3) is 0.889. The van der Waals surface area contributed by atoms with Crippen LogP contribution in [-0.2, 0) is 19.6 Å². The van der Waals surface area contributed by atoms with Crippen LogP contribution in [0.15, 0.2) is 14.4 Å². The van der Waals surface area contributed by atoms with Crippen molar-refractivity contribution in [1.29, 1.82) is 0 Å². The minimum Gasteiger partial charge on any atom is -0.247 e. The number of hydrogen-bond acceptors (Lipinski definition) is 3. The van der Waals surface area contributed by atoms with Gasteiger partial charge in [-0.1, -0.05) is 99.3 Å². The molecule has 0 aliphatic carbocycles. The minimum atomic E-state index is -0.409. The lowest BCUT2D eigenvalue weighted by Gasteiger charge is -2.22. The molecule has 192 valence electrons. The molecule has 3 atom stereocenters. The van der Waals surface area contributed by atoms with Crippen molar-refractivity contribution < 1.29 is 0 Å². The van der Waals surface area contributed by atoms with Crippen molar-refractivity contribution in [3.63, 3.8) is 0 Å². The van der Waals surface area contributed by atoms with Crippen molar-refractivity contribution in [2.45, 2.75) is 138 Å². The lowest BCUT2D eigenvalue weighted by Crippen LogP contribution is -2.56. The van der Waals surface area contributed by atoms with Gasteiger partial charge in [0.05, 0.1) is 0 Å². The molecule has 0 amide bonds. The van der Waals surface area contributed by atoms with E-state index in [4.69, 9.17) is 0 Å². The molecular weight excluding hydrogens is 414 g/mol. The fourth-order valence-corrected chi connectivity index (χ4v) is 4.68. The maximum absolute atomic E-state index is 13.5. The molecule has 1 aromatic heterocycles. The van der Waals surface area contributed by atoms with E-state index in [-0.39, 0.29) is 17.8 Å². The molecule has 1 rings (SSSR count). The molecule has 6 nitrogen and oxygen atoms in total. The van der Waals surface area contributed by atoms with Crippen molar-refractivity contribution in [3.8, 4) is 0 Å². The first-order chi connectivity index (χ1) is 15.9. The molecule has 0 saturated carbocycles. The number of nitrogens with zero attached hydrogens (tertiary/aromatic N) is 3. The largest absolute Gasteiger partial charge is 0.336 e. The van der Waals surface area contributed by atoms with Gasteiger partial charge in [-0.15, -0.1) is 0 Å². The Morgan fingerprint density at radius 3 is 0.909 bits per heavy atom. The Morgan fingerprint density at radius 1 is 0.485 bits per heavy atom. The topological polar surface area (TPSA) is 66.0 Å². The Bertz CT molecular complexity index is 697. The third kappa shape index (κ3) is 8.94. The number of rotatable bonds is 18. The summed E-state index contributed by atoms with van der Waals surface area (Å²) in [5, 5.41) is 0. The highest BCUT2D eigenvalue weighted by Gasteiger charge is 2.21. The van der Waals surface area contributed by atoms with E-state index in [0.29, 0.717) is 19.6 Å². The summed E-state index contributed by atoms with van der Waals surface area (Å²) < 4.78 is 4.14. The summed E-state index contributed by atoms with van der Waals surface area (Å²) in [5.74, 6) is 0.830. The monoisotopic (exact) mass is 465 g/mol. The normalized spacial score (nSPS) is 14.4. The molecular formula is C27H51N3O3. The number of aromatic nitrogens is 3. The third-order valence-corrected chi connectivity index (χ3v) is 7.34. The molecule has 0 spiro atoms. The molecule has 3 unspecified atom stereocenters. The van der Waals surface area contributed by atoms with E-state index in [1.807, 2.05) is 0 Å². The van der Waals surface area contributed by atoms with Gasteiger partial charge in [-0.25, -0.2) is 28.1 Å². The Labute approximate surface area is 201 Å². The van der Waals surface area contributed by atoms with Crippen LogP contribution >= 0.6 is 0 Å². The van der Waals surface area contributed by atoms with E-state index in [1.54, 1.807) is 0 Å². The molecule has 0 radical (unpaired) electrons. The van der Waals surface area contributed by atoms with Crippen molar-refractivity contribution in [2.24, 2.45) is 17.8 Å². The molecule has 0 aliphatic heterocycles. The summed E-state index contributed by atoms with van der Waals surface area (Å²) in [6.07, 6.45) is 12.3. The zero-order valence-corrected chi connectivity index (χ0v) is 22.4. The smallest absolute Gasteiger partial charge is 0.247 e. The molecule has 0 fully saturated rings. The average Bonchev–Trinajstić information content (AvgIpc) is 2.83. The predicted molar refractivity (Wildman–Crippen MR) is 139 cm³/mol. The van der Waals surface area contributed by atoms with Crippen molar-refractivity contribution in [1.82, 2.24) is 13.7 Å². The van der Waals surface area contributed by atoms with Gasteiger partial charge in [-0.05, 0) is 37.0 Å². The van der Waals surface area contributed by atoms with Gasteiger partial charge in [0.25, 0.3) is 0 Å². The minimum absolute atomic E-state index is 0.277. The molecule has 0 saturated heterocycles. The van der Waals surface area contributed by atoms with Gasteiger partial charge >= 0.3 is 17.1 Å². The molecule has 6 heteroatoms. The van der Waals surface area contributed by atoms with Gasteiger partial charge in [0.2, 0.25) is 0 Å². The zero-order chi connectivity index (χ0) is 24.8. The van der Waals surface area contributed by atoms with Gasteiger partial charge in [-0.2, -0.15) is 0 Å². The van der Waals surface area contributed by atoms with Gasteiger partial charge in [0, 0.05) is 19.6 Å². The van der Waals surface area contributed by atoms with Crippen LogP contribution in [0.3, 0.4) is 0 Å². The fourth-order valence-electron chi connectivity index (χ4n) is 4.68. The first-order valence-corrected chi connectivity index (χ1v) is 13.8. The van der Waals surface area contributed by atoms with Crippen LogP contribution in [0.1, 0.15) is 119 Å². The van der Waals surface area contributed by atoms with Crippen LogP contribution in [-0.4, -0.2) is 13.7 Å². The molecule has 0 aliphatic rings. The van der Waals surface area contributed by atoms with Crippen molar-refractivity contribution >= 4 is 0 Å². The van der Waals surface area contributed by atoms with Gasteiger partial charge in [0.15, 0.2) is 0 Å². The second-order valence-corrected chi connectivity index (χ2v) is 9.93. The van der Waals surface area contributed by atoms with E-state index in [9.17, 15) is 14.4 Å². The quantitative estimate of drug-likeness (QED) is 0.274. The van der Waals surface area contributed by atoms with Crippen molar-refractivity contribution in [2.75, 3.05) is 0 Å². The van der Waals surface area contributed by atoms with E-state index in [0.717, 1.165) is 77.0 Å². The number of hydrogen-bond donors (Lipinski definition) is 0. The first-order valence-electron chi connectivity index (χ1n) is 13.8. The highest BCUT2D eigenvalue weighted by molar-refractivity contribution is 4.82. The van der Waals surface area contributed by atoms with Gasteiger partial charge < -0.3 is 0 Å². The lowest BCUT2D eigenvalue weighted by molar-refractivity contribution is 0.302. The molecule has 1 heterocycles. The van der Waals surface area contributed by atoms with Crippen LogP contribution in [0, 0.1) is 17.8 Å². The highest BCUT2D eigenvalue weighted by Crippen LogP contribution is 2.16. The Kier molecular flexibility index (Phi) is 14.4. The van der Waals surface area contributed by atoms with E-state index >= 15 is 0 Å². The second-order valence-electron chi connectivity index (χ2n) is 9.93. The van der Waals surface area contributed by atoms with E-state index in [2.05, 4.69) is 41.5 Å². The van der Waals surface area contributed by atoms with Crippen LogP contribution < -0.4 is 17.1 Å². The lowest BCUT2D eigenvalue weighted by atomic mass is 9.98. The summed E-state index contributed by atoms with van der Waals surface area (Å²) in [6.45, 7) is 14.1. The number of unbranched alkanes of at least 4 members (excludes halogenated alkanes) is 3. The molecule has 0 N–H and O–H groups in total. The Hall–Kier alpha value is -1.59. The van der Waals surface area contributed by atoms with Crippen LogP contribution in [0.2, 0.25) is 0 Å². The molecule has 0 aromatic carbocycles. The third-order valence-electron chi connectivity index (χ3n) is 7.34. The maximum atomic E-state index is 13.5. The molecule has 0 bridgehead atoms. The molecule has 33 heavy (non-hydrogen) atoms. The van der Waals surface area contributed by atoms with Gasteiger partial charge in [-0.3, -0.25) is 0 Å². The van der Waals surface area contributed by atoms with Crippen LogP contribution in [0.4, 0.5) is 0 Å². The predicted octanol–water partition coefficient (Wildman–Crippen LogP) is 5.82.